The highest BCUT2D eigenvalue weighted by atomic mass is 79.9. The van der Waals surface area contributed by atoms with E-state index >= 15 is 0 Å². The van der Waals surface area contributed by atoms with E-state index in [0.29, 0.717) is 5.69 Å². The third-order valence-corrected chi connectivity index (χ3v) is 3.34. The number of rotatable bonds is 5. The molecule has 0 radical (unpaired) electrons. The van der Waals surface area contributed by atoms with Crippen LogP contribution in [0.4, 0.5) is 0 Å². The Morgan fingerprint density at radius 2 is 2.05 bits per heavy atom. The summed E-state index contributed by atoms with van der Waals surface area (Å²) in [6, 6.07) is 11.0. The number of H-pyrrole nitrogens is 1. The number of aromatic amines is 1. The van der Waals surface area contributed by atoms with Crippen molar-refractivity contribution in [3.8, 4) is 0 Å². The van der Waals surface area contributed by atoms with E-state index in [4.69, 9.17) is 4.74 Å². The van der Waals surface area contributed by atoms with Gasteiger partial charge in [0.2, 0.25) is 0 Å². The average Bonchev–Trinajstić information content (AvgIpc) is 2.92. The molecule has 0 aliphatic heterocycles. The summed E-state index contributed by atoms with van der Waals surface area (Å²) in [6.07, 6.45) is 1.62. The Balaban J connectivity index is 1.81. The molecule has 0 fully saturated rings. The topological polar surface area (TPSA) is 71.2 Å². The van der Waals surface area contributed by atoms with Gasteiger partial charge in [-0.05, 0) is 34.5 Å². The second-order valence-corrected chi connectivity index (χ2v) is 5.42. The van der Waals surface area contributed by atoms with Gasteiger partial charge in [0.15, 0.2) is 6.61 Å². The number of hydrogen-bond donors (Lipinski definition) is 2. The van der Waals surface area contributed by atoms with Crippen molar-refractivity contribution in [2.24, 2.45) is 0 Å². The van der Waals surface area contributed by atoms with Gasteiger partial charge in [-0.1, -0.05) is 30.3 Å². The van der Waals surface area contributed by atoms with E-state index in [9.17, 15) is 9.59 Å². The zero-order valence-corrected chi connectivity index (χ0v) is 13.0. The Bertz CT molecular complexity index is 625. The van der Waals surface area contributed by atoms with Gasteiger partial charge < -0.3 is 15.0 Å². The van der Waals surface area contributed by atoms with Crippen LogP contribution in [0.15, 0.2) is 47.1 Å². The van der Waals surface area contributed by atoms with Crippen molar-refractivity contribution >= 4 is 27.8 Å². The third-order valence-electron chi connectivity index (χ3n) is 2.88. The second kappa shape index (κ2) is 7.08. The van der Waals surface area contributed by atoms with Crippen LogP contribution in [0.25, 0.3) is 0 Å². The minimum absolute atomic E-state index is 0.142. The summed E-state index contributed by atoms with van der Waals surface area (Å²) < 4.78 is 5.68. The summed E-state index contributed by atoms with van der Waals surface area (Å²) in [5.74, 6) is -0.909. The minimum atomic E-state index is -0.566. The van der Waals surface area contributed by atoms with Crippen molar-refractivity contribution in [1.82, 2.24) is 10.3 Å². The minimum Gasteiger partial charge on any atom is -0.451 e. The monoisotopic (exact) mass is 350 g/mol. The molecule has 0 saturated carbocycles. The van der Waals surface area contributed by atoms with Gasteiger partial charge in [0.25, 0.3) is 5.91 Å². The van der Waals surface area contributed by atoms with Crippen molar-refractivity contribution in [2.45, 2.75) is 13.0 Å². The number of ether oxygens (including phenoxy) is 1. The Labute approximate surface area is 130 Å². The normalized spacial score (nSPS) is 11.7. The average molecular weight is 351 g/mol. The van der Waals surface area contributed by atoms with Crippen LogP contribution in [-0.4, -0.2) is 23.5 Å². The van der Waals surface area contributed by atoms with Crippen LogP contribution in [0.3, 0.4) is 0 Å². The number of benzene rings is 1. The maximum absolute atomic E-state index is 11.8. The van der Waals surface area contributed by atoms with Crippen LogP contribution in [-0.2, 0) is 9.53 Å². The zero-order valence-electron chi connectivity index (χ0n) is 11.4. The number of hydrogen-bond acceptors (Lipinski definition) is 3. The van der Waals surface area contributed by atoms with E-state index < -0.39 is 5.97 Å². The van der Waals surface area contributed by atoms with Crippen LogP contribution in [0.1, 0.15) is 29.0 Å². The Hall–Kier alpha value is -2.08. The molecule has 0 aliphatic rings. The van der Waals surface area contributed by atoms with E-state index in [1.807, 2.05) is 37.3 Å². The molecule has 6 heteroatoms. The van der Waals surface area contributed by atoms with E-state index in [-0.39, 0.29) is 18.6 Å². The van der Waals surface area contributed by atoms with Gasteiger partial charge in [0.1, 0.15) is 5.69 Å². The van der Waals surface area contributed by atoms with Gasteiger partial charge >= 0.3 is 5.97 Å². The highest BCUT2D eigenvalue weighted by Crippen LogP contribution is 2.12. The molecular weight excluding hydrogens is 336 g/mol. The maximum atomic E-state index is 11.8. The Morgan fingerprint density at radius 3 is 2.67 bits per heavy atom. The van der Waals surface area contributed by atoms with E-state index in [1.165, 1.54) is 0 Å². The van der Waals surface area contributed by atoms with E-state index in [0.717, 1.165) is 10.0 Å². The Morgan fingerprint density at radius 1 is 1.33 bits per heavy atom. The Kier molecular flexibility index (Phi) is 5.16. The quantitative estimate of drug-likeness (QED) is 0.814. The van der Waals surface area contributed by atoms with Crippen LogP contribution < -0.4 is 5.32 Å². The number of aromatic nitrogens is 1. The van der Waals surface area contributed by atoms with Gasteiger partial charge in [0.05, 0.1) is 6.04 Å². The van der Waals surface area contributed by atoms with Crippen molar-refractivity contribution in [1.29, 1.82) is 0 Å². The molecule has 2 N–H and O–H groups in total. The standard InChI is InChI=1S/C15H15BrN2O3/c1-10(11-5-3-2-4-6-11)18-14(19)9-21-15(20)13-7-12(16)8-17-13/h2-8,10,17H,9H2,1H3,(H,18,19)/t10-/m0/s1. The lowest BCUT2D eigenvalue weighted by molar-refractivity contribution is -0.124. The summed E-state index contributed by atoms with van der Waals surface area (Å²) in [7, 11) is 0. The largest absolute Gasteiger partial charge is 0.451 e. The van der Waals surface area contributed by atoms with Crippen LogP contribution in [0.5, 0.6) is 0 Å². The summed E-state index contributed by atoms with van der Waals surface area (Å²) in [6.45, 7) is 1.56. The molecule has 0 saturated heterocycles. The van der Waals surface area contributed by atoms with Gasteiger partial charge in [-0.3, -0.25) is 4.79 Å². The van der Waals surface area contributed by atoms with Crippen LogP contribution >= 0.6 is 15.9 Å². The molecule has 1 aromatic carbocycles. The number of carbonyl (C=O) groups excluding carboxylic acids is 2. The van der Waals surface area contributed by atoms with Crippen molar-refractivity contribution in [3.63, 3.8) is 0 Å². The number of esters is 1. The van der Waals surface area contributed by atoms with E-state index in [2.05, 4.69) is 26.2 Å². The van der Waals surface area contributed by atoms with Crippen molar-refractivity contribution in [2.75, 3.05) is 6.61 Å². The highest BCUT2D eigenvalue weighted by molar-refractivity contribution is 9.10. The number of amides is 1. The molecule has 1 heterocycles. The van der Waals surface area contributed by atoms with E-state index in [1.54, 1.807) is 12.3 Å². The first-order valence-corrected chi connectivity index (χ1v) is 7.21. The molecular formula is C15H15BrN2O3. The predicted molar refractivity (Wildman–Crippen MR) is 81.8 cm³/mol. The lowest BCUT2D eigenvalue weighted by Gasteiger charge is -2.14. The molecule has 5 nitrogen and oxygen atoms in total. The number of carbonyl (C=O) groups is 2. The van der Waals surface area contributed by atoms with Gasteiger partial charge in [0, 0.05) is 10.7 Å². The van der Waals surface area contributed by atoms with Crippen LogP contribution in [0.2, 0.25) is 0 Å². The fraction of sp³-hybridized carbons (Fsp3) is 0.200. The third kappa shape index (κ3) is 4.46. The molecule has 0 unspecified atom stereocenters. The SMILES string of the molecule is C[C@H](NC(=O)COC(=O)c1cc(Br)c[nH]1)c1ccccc1. The molecule has 2 rings (SSSR count). The molecule has 0 bridgehead atoms. The zero-order chi connectivity index (χ0) is 15.2. The lowest BCUT2D eigenvalue weighted by Crippen LogP contribution is -2.31. The molecule has 1 aromatic heterocycles. The first-order valence-electron chi connectivity index (χ1n) is 6.41. The fourth-order valence-electron chi connectivity index (χ4n) is 1.80. The lowest BCUT2D eigenvalue weighted by atomic mass is 10.1. The summed E-state index contributed by atoms with van der Waals surface area (Å²) in [5.41, 5.74) is 1.29. The highest BCUT2D eigenvalue weighted by Gasteiger charge is 2.14. The van der Waals surface area contributed by atoms with Crippen molar-refractivity contribution < 1.29 is 14.3 Å². The number of nitrogens with one attached hydrogen (secondary N) is 2. The number of halogens is 1. The van der Waals surface area contributed by atoms with Crippen LogP contribution in [0, 0.1) is 0 Å². The second-order valence-electron chi connectivity index (χ2n) is 4.51. The molecule has 1 amide bonds. The molecule has 0 aliphatic carbocycles. The van der Waals surface area contributed by atoms with Crippen molar-refractivity contribution in [3.05, 3.63) is 58.3 Å². The smallest absolute Gasteiger partial charge is 0.355 e. The first-order chi connectivity index (χ1) is 10.1. The molecule has 2 aromatic rings. The van der Waals surface area contributed by atoms with Gasteiger partial charge in [-0.25, -0.2) is 4.79 Å². The molecule has 1 atom stereocenters. The molecule has 0 spiro atoms. The molecule has 110 valence electrons. The molecule has 21 heavy (non-hydrogen) atoms. The van der Waals surface area contributed by atoms with Gasteiger partial charge in [-0.15, -0.1) is 0 Å². The van der Waals surface area contributed by atoms with Gasteiger partial charge in [-0.2, -0.15) is 0 Å². The fourth-order valence-corrected chi connectivity index (χ4v) is 2.15. The predicted octanol–water partition coefficient (Wildman–Crippen LogP) is 2.81. The summed E-state index contributed by atoms with van der Waals surface area (Å²) in [4.78, 5) is 26.2. The summed E-state index contributed by atoms with van der Waals surface area (Å²) in [5, 5.41) is 2.77. The first kappa shape index (κ1) is 15.3. The summed E-state index contributed by atoms with van der Waals surface area (Å²) >= 11 is 3.22. The maximum Gasteiger partial charge on any atom is 0.355 e.